The summed E-state index contributed by atoms with van der Waals surface area (Å²) in [5.74, 6) is -1.33. The molecule has 4 amide bonds. The van der Waals surface area contributed by atoms with Gasteiger partial charge in [-0.3, -0.25) is 9.59 Å². The van der Waals surface area contributed by atoms with Crippen LogP contribution >= 0.6 is 0 Å². The van der Waals surface area contributed by atoms with Crippen LogP contribution in [0.25, 0.3) is 0 Å². The topological polar surface area (TPSA) is 76.2 Å². The summed E-state index contributed by atoms with van der Waals surface area (Å²) < 4.78 is 94.4. The number of fused-ring (bicyclic) bond motifs is 1. The van der Waals surface area contributed by atoms with Gasteiger partial charge < -0.3 is 24.9 Å². The Morgan fingerprint density at radius 3 is 2.23 bits per heavy atom. The van der Waals surface area contributed by atoms with E-state index in [2.05, 4.69) is 5.32 Å². The Kier molecular flexibility index (Phi) is 9.76. The molecule has 0 aromatic heterocycles. The second-order valence-corrected chi connectivity index (χ2v) is 11.1. The molecule has 15 heteroatoms. The van der Waals surface area contributed by atoms with Gasteiger partial charge in [-0.1, -0.05) is 18.2 Å². The molecule has 4 rings (SSSR count). The fraction of sp³-hybridized carbons (Fsp3) is 0.483. The smallest absolute Gasteiger partial charge is 0.334 e. The van der Waals surface area contributed by atoms with Crippen LogP contribution in [-0.4, -0.2) is 83.4 Å². The van der Waals surface area contributed by atoms with Crippen molar-refractivity contribution in [2.24, 2.45) is 0 Å². The first kappa shape index (κ1) is 33.0. The summed E-state index contributed by atoms with van der Waals surface area (Å²) in [5, 5.41) is 2.38. The minimum atomic E-state index is -5.05. The third-order valence-corrected chi connectivity index (χ3v) is 7.61. The minimum Gasteiger partial charge on any atom is -0.334 e. The molecule has 1 unspecified atom stereocenters. The van der Waals surface area contributed by atoms with Gasteiger partial charge in [0.1, 0.15) is 18.0 Å². The fourth-order valence-electron chi connectivity index (χ4n) is 5.47. The Bertz CT molecular complexity index is 1350. The van der Waals surface area contributed by atoms with Crippen molar-refractivity contribution in [3.05, 3.63) is 70.5 Å². The van der Waals surface area contributed by atoms with E-state index in [0.717, 1.165) is 0 Å². The van der Waals surface area contributed by atoms with E-state index in [4.69, 9.17) is 0 Å². The van der Waals surface area contributed by atoms with Crippen molar-refractivity contribution < 1.29 is 45.1 Å². The lowest BCUT2D eigenvalue weighted by Gasteiger charge is -2.52. The number of benzene rings is 2. The Morgan fingerprint density at radius 2 is 1.64 bits per heavy atom. The molecule has 2 fully saturated rings. The van der Waals surface area contributed by atoms with Crippen LogP contribution in [0, 0.1) is 5.82 Å². The van der Waals surface area contributed by atoms with Crippen molar-refractivity contribution in [2.75, 3.05) is 33.7 Å². The number of nitrogens with one attached hydrogen (secondary N) is 1. The number of urea groups is 1. The van der Waals surface area contributed by atoms with Crippen LogP contribution in [0.2, 0.25) is 0 Å². The largest absolute Gasteiger partial charge is 0.416 e. The molecule has 2 aromatic carbocycles. The summed E-state index contributed by atoms with van der Waals surface area (Å²) in [6.07, 6.45) is -10.4. The van der Waals surface area contributed by atoms with E-state index >= 15 is 0 Å². The molecule has 2 saturated heterocycles. The predicted octanol–water partition coefficient (Wildman–Crippen LogP) is 4.69. The lowest BCUT2D eigenvalue weighted by Crippen LogP contribution is -2.71. The van der Waals surface area contributed by atoms with Crippen molar-refractivity contribution in [3.63, 3.8) is 0 Å². The number of carbonyl (C=O) groups is 3. The summed E-state index contributed by atoms with van der Waals surface area (Å²) in [6, 6.07) is 5.11. The second-order valence-electron chi connectivity index (χ2n) is 11.1. The molecule has 0 saturated carbocycles. The Balaban J connectivity index is 1.59. The van der Waals surface area contributed by atoms with E-state index in [1.165, 1.54) is 32.9 Å². The summed E-state index contributed by atoms with van der Waals surface area (Å²) >= 11 is 0. The fourth-order valence-corrected chi connectivity index (χ4v) is 5.47. The molecule has 0 bridgehead atoms. The van der Waals surface area contributed by atoms with Gasteiger partial charge in [-0.2, -0.15) is 26.3 Å². The van der Waals surface area contributed by atoms with Crippen molar-refractivity contribution in [1.82, 2.24) is 24.9 Å². The van der Waals surface area contributed by atoms with Gasteiger partial charge in [0.25, 0.3) is 0 Å². The predicted molar refractivity (Wildman–Crippen MR) is 144 cm³/mol. The maximum absolute atomic E-state index is 14.5. The van der Waals surface area contributed by atoms with Gasteiger partial charge in [0.05, 0.1) is 17.7 Å². The van der Waals surface area contributed by atoms with Gasteiger partial charge in [0, 0.05) is 31.6 Å². The molecule has 2 aliphatic rings. The van der Waals surface area contributed by atoms with Gasteiger partial charge in [-0.25, -0.2) is 9.18 Å². The summed E-state index contributed by atoms with van der Waals surface area (Å²) in [4.78, 5) is 45.9. The number of halogens is 7. The Morgan fingerprint density at radius 1 is 1.00 bits per heavy atom. The summed E-state index contributed by atoms with van der Waals surface area (Å²) in [5.41, 5.74) is -3.22. The molecule has 2 aromatic rings. The van der Waals surface area contributed by atoms with Crippen LogP contribution in [0.1, 0.15) is 41.5 Å². The molecular weight excluding hydrogens is 599 g/mol. The van der Waals surface area contributed by atoms with Gasteiger partial charge in [0.2, 0.25) is 11.8 Å². The zero-order valence-electron chi connectivity index (χ0n) is 24.0. The monoisotopic (exact) mass is 631 g/mol. The number of hydrogen-bond acceptors (Lipinski definition) is 4. The van der Waals surface area contributed by atoms with Crippen LogP contribution in [-0.2, 0) is 35.0 Å². The number of piperazine rings is 1. The first-order valence-corrected chi connectivity index (χ1v) is 13.9. The highest BCUT2D eigenvalue weighted by molar-refractivity contribution is 5.91. The molecule has 2 heterocycles. The number of amides is 4. The van der Waals surface area contributed by atoms with E-state index < -0.39 is 65.6 Å². The highest BCUT2D eigenvalue weighted by atomic mass is 19.4. The maximum Gasteiger partial charge on any atom is 0.416 e. The minimum absolute atomic E-state index is 0.000910. The number of rotatable bonds is 8. The highest BCUT2D eigenvalue weighted by Gasteiger charge is 2.48. The van der Waals surface area contributed by atoms with E-state index in [0.29, 0.717) is 25.1 Å². The molecule has 2 atom stereocenters. The molecule has 0 radical (unpaired) electrons. The van der Waals surface area contributed by atoms with Crippen LogP contribution in [0.5, 0.6) is 0 Å². The average molecular weight is 632 g/mol. The van der Waals surface area contributed by atoms with E-state index in [9.17, 15) is 45.1 Å². The number of carbonyl (C=O) groups excluding carboxylic acids is 3. The highest BCUT2D eigenvalue weighted by Crippen LogP contribution is 2.36. The maximum atomic E-state index is 14.5. The van der Waals surface area contributed by atoms with Crippen molar-refractivity contribution in [1.29, 1.82) is 0 Å². The SMILES string of the molecule is CN(C)CCC[C@H]1C(=O)N(Cc2ccccc2F)CC2N(C(=O)NCc3cc(C(F)(F)F)cc(C(F)(F)F)c3)CCC(=O)N21. The zero-order valence-corrected chi connectivity index (χ0v) is 24.0. The molecule has 2 aliphatic heterocycles. The van der Waals surface area contributed by atoms with E-state index in [1.807, 2.05) is 19.0 Å². The Hall–Kier alpha value is -3.88. The standard InChI is InChI=1S/C29H32F7N5O3/c1-38(2)10-5-8-23-26(43)39(16-19-6-3-4-7-22(19)30)17-24-40(11-9-25(42)41(23)24)27(44)37-15-18-12-20(28(31,32)33)14-21(13-18)29(34,35)36/h3-4,6-7,12-14,23-24H,5,8-11,15-17H2,1-2H3,(H,37,44)/t23-,24?/m0/s1. The lowest BCUT2D eigenvalue weighted by atomic mass is 9.99. The molecule has 1 N–H and O–H groups in total. The number of alkyl halides is 6. The third kappa shape index (κ3) is 7.60. The molecule has 8 nitrogen and oxygen atoms in total. The number of nitrogens with zero attached hydrogens (tertiary/aromatic N) is 4. The quantitative estimate of drug-likeness (QED) is 0.430. The average Bonchev–Trinajstić information content (AvgIpc) is 2.93. The molecule has 0 spiro atoms. The van der Waals surface area contributed by atoms with E-state index in [-0.39, 0.29) is 50.0 Å². The molecule has 0 aliphatic carbocycles. The van der Waals surface area contributed by atoms with Gasteiger partial charge >= 0.3 is 18.4 Å². The first-order chi connectivity index (χ1) is 20.6. The summed E-state index contributed by atoms with van der Waals surface area (Å²) in [7, 11) is 3.69. The van der Waals surface area contributed by atoms with E-state index in [1.54, 1.807) is 6.07 Å². The zero-order chi connectivity index (χ0) is 32.4. The van der Waals surface area contributed by atoms with Crippen LogP contribution in [0.3, 0.4) is 0 Å². The van der Waals surface area contributed by atoms with Crippen LogP contribution in [0.15, 0.2) is 42.5 Å². The van der Waals surface area contributed by atoms with Crippen LogP contribution < -0.4 is 5.32 Å². The second kappa shape index (κ2) is 13.0. The summed E-state index contributed by atoms with van der Waals surface area (Å²) in [6.45, 7) is -0.460. The van der Waals surface area contributed by atoms with Crippen molar-refractivity contribution >= 4 is 17.8 Å². The van der Waals surface area contributed by atoms with Crippen LogP contribution in [0.4, 0.5) is 35.5 Å². The molecular formula is C29H32F7N5O3. The third-order valence-electron chi connectivity index (χ3n) is 7.61. The normalized spacial score (nSPS) is 19.5. The van der Waals surface area contributed by atoms with Crippen molar-refractivity contribution in [3.8, 4) is 0 Å². The van der Waals surface area contributed by atoms with Gasteiger partial charge in [-0.15, -0.1) is 0 Å². The lowest BCUT2D eigenvalue weighted by molar-refractivity contribution is -0.167. The Labute approximate surface area is 249 Å². The first-order valence-electron chi connectivity index (χ1n) is 13.9. The number of hydrogen-bond donors (Lipinski definition) is 1. The van der Waals surface area contributed by atoms with Crippen molar-refractivity contribution in [2.45, 2.75) is 56.9 Å². The van der Waals surface area contributed by atoms with Gasteiger partial charge in [-0.05, 0) is 63.3 Å². The van der Waals surface area contributed by atoms with Gasteiger partial charge in [0.15, 0.2) is 0 Å². The molecule has 44 heavy (non-hydrogen) atoms. The molecule has 240 valence electrons.